The first kappa shape index (κ1) is 22.4. The second-order valence-corrected chi connectivity index (χ2v) is 5.85. The van der Waals surface area contributed by atoms with Gasteiger partial charge in [0.25, 0.3) is 0 Å². The molecule has 0 aliphatic heterocycles. The Hall–Kier alpha value is -1.63. The summed E-state index contributed by atoms with van der Waals surface area (Å²) in [6.45, 7) is 7.50. The van der Waals surface area contributed by atoms with E-state index in [1.165, 1.54) is 7.05 Å². The maximum Gasteiger partial charge on any atom is 0.350 e. The van der Waals surface area contributed by atoms with Gasteiger partial charge in [-0.2, -0.15) is 0 Å². The maximum absolute atomic E-state index is 12.0. The highest BCUT2D eigenvalue weighted by atomic mass is 35.5. The molecule has 0 aromatic heterocycles. The van der Waals surface area contributed by atoms with Crippen molar-refractivity contribution in [2.45, 2.75) is 45.8 Å². The number of aliphatic hydroxyl groups is 1. The standard InChI is InChI=1S/C17H25NO5.ClH/c1-10(2)12-7-6-8-13(11(3)4)15(12)23-14(19)9-22-17(21)16(20)18-5;/h6-8,10-11,16,18,20H,9H2,1-5H3;1H. The van der Waals surface area contributed by atoms with Crippen molar-refractivity contribution in [3.05, 3.63) is 29.3 Å². The van der Waals surface area contributed by atoms with Crippen molar-refractivity contribution in [1.82, 2.24) is 5.32 Å². The van der Waals surface area contributed by atoms with Gasteiger partial charge < -0.3 is 14.6 Å². The van der Waals surface area contributed by atoms with E-state index in [2.05, 4.69) is 5.32 Å². The van der Waals surface area contributed by atoms with Gasteiger partial charge in [0, 0.05) is 0 Å². The second kappa shape index (κ2) is 10.3. The molecule has 0 saturated carbocycles. The summed E-state index contributed by atoms with van der Waals surface area (Å²) in [7, 11) is 1.40. The summed E-state index contributed by atoms with van der Waals surface area (Å²) in [4.78, 5) is 23.3. The fraction of sp³-hybridized carbons (Fsp3) is 0.529. The monoisotopic (exact) mass is 359 g/mol. The molecule has 6 nitrogen and oxygen atoms in total. The zero-order chi connectivity index (χ0) is 17.6. The predicted molar refractivity (Wildman–Crippen MR) is 93.5 cm³/mol. The number of rotatable bonds is 7. The number of halogens is 1. The number of carbonyl (C=O) groups is 2. The summed E-state index contributed by atoms with van der Waals surface area (Å²) in [6, 6.07) is 5.76. The fourth-order valence-electron chi connectivity index (χ4n) is 2.07. The number of para-hydroxylation sites is 1. The minimum Gasteiger partial charge on any atom is -0.451 e. The Balaban J connectivity index is 0.00000529. The number of aliphatic hydroxyl groups excluding tert-OH is 1. The SMILES string of the molecule is CNC(O)C(=O)OCC(=O)Oc1c(C(C)C)cccc1C(C)C.Cl. The number of benzene rings is 1. The Labute approximate surface area is 148 Å². The van der Waals surface area contributed by atoms with Crippen LogP contribution in [0.25, 0.3) is 0 Å². The molecule has 0 aliphatic carbocycles. The van der Waals surface area contributed by atoms with E-state index in [9.17, 15) is 14.7 Å². The number of hydrogen-bond acceptors (Lipinski definition) is 6. The molecule has 0 heterocycles. The van der Waals surface area contributed by atoms with E-state index in [1.807, 2.05) is 45.9 Å². The van der Waals surface area contributed by atoms with Gasteiger partial charge in [-0.1, -0.05) is 45.9 Å². The van der Waals surface area contributed by atoms with Crippen molar-refractivity contribution in [2.24, 2.45) is 0 Å². The summed E-state index contributed by atoms with van der Waals surface area (Å²) >= 11 is 0. The molecule has 1 aromatic carbocycles. The summed E-state index contributed by atoms with van der Waals surface area (Å²) in [5, 5.41) is 11.5. The van der Waals surface area contributed by atoms with Gasteiger partial charge in [-0.15, -0.1) is 12.4 Å². The van der Waals surface area contributed by atoms with Gasteiger partial charge in [0.05, 0.1) is 0 Å². The van der Waals surface area contributed by atoms with E-state index in [0.717, 1.165) is 11.1 Å². The molecule has 24 heavy (non-hydrogen) atoms. The number of ether oxygens (including phenoxy) is 2. The minimum atomic E-state index is -1.46. The molecule has 0 saturated heterocycles. The number of hydrogen-bond donors (Lipinski definition) is 2. The molecule has 1 aromatic rings. The summed E-state index contributed by atoms with van der Waals surface area (Å²) in [6.07, 6.45) is -1.46. The van der Waals surface area contributed by atoms with Crippen LogP contribution in [0.15, 0.2) is 18.2 Å². The van der Waals surface area contributed by atoms with Crippen LogP contribution in [0.3, 0.4) is 0 Å². The Morgan fingerprint density at radius 1 is 1.12 bits per heavy atom. The van der Waals surface area contributed by atoms with Gasteiger partial charge in [0.15, 0.2) is 6.61 Å². The first-order chi connectivity index (χ1) is 10.8. The molecule has 1 rings (SSSR count). The summed E-state index contributed by atoms with van der Waals surface area (Å²) < 4.78 is 10.1. The van der Waals surface area contributed by atoms with Crippen LogP contribution in [0.1, 0.15) is 50.7 Å². The largest absolute Gasteiger partial charge is 0.451 e. The Kier molecular flexibility index (Phi) is 9.58. The molecular weight excluding hydrogens is 334 g/mol. The Morgan fingerprint density at radius 3 is 2.04 bits per heavy atom. The van der Waals surface area contributed by atoms with E-state index in [-0.39, 0.29) is 24.2 Å². The Morgan fingerprint density at radius 2 is 1.62 bits per heavy atom. The van der Waals surface area contributed by atoms with Crippen LogP contribution in [-0.4, -0.2) is 36.9 Å². The number of esters is 2. The molecule has 1 unspecified atom stereocenters. The van der Waals surface area contributed by atoms with Crippen molar-refractivity contribution in [3.63, 3.8) is 0 Å². The van der Waals surface area contributed by atoms with Crippen LogP contribution < -0.4 is 10.1 Å². The fourth-order valence-corrected chi connectivity index (χ4v) is 2.07. The topological polar surface area (TPSA) is 84.9 Å². The summed E-state index contributed by atoms with van der Waals surface area (Å²) in [5.74, 6) is -0.717. The number of nitrogens with one attached hydrogen (secondary N) is 1. The average Bonchev–Trinajstić information content (AvgIpc) is 2.51. The van der Waals surface area contributed by atoms with E-state index < -0.39 is 24.8 Å². The summed E-state index contributed by atoms with van der Waals surface area (Å²) in [5.41, 5.74) is 1.84. The van der Waals surface area contributed by atoms with Gasteiger partial charge >= 0.3 is 11.9 Å². The maximum atomic E-state index is 12.0. The molecule has 0 radical (unpaired) electrons. The van der Waals surface area contributed by atoms with Crippen molar-refractivity contribution in [3.8, 4) is 5.75 Å². The molecule has 2 N–H and O–H groups in total. The van der Waals surface area contributed by atoms with Gasteiger partial charge in [0.2, 0.25) is 6.23 Å². The van der Waals surface area contributed by atoms with E-state index in [4.69, 9.17) is 9.47 Å². The highest BCUT2D eigenvalue weighted by molar-refractivity contribution is 5.85. The lowest BCUT2D eigenvalue weighted by molar-refractivity contribution is -0.161. The first-order valence-electron chi connectivity index (χ1n) is 7.63. The van der Waals surface area contributed by atoms with Crippen molar-refractivity contribution in [2.75, 3.05) is 13.7 Å². The third-order valence-electron chi connectivity index (χ3n) is 3.36. The van der Waals surface area contributed by atoms with Crippen LogP contribution in [0.2, 0.25) is 0 Å². The lowest BCUT2D eigenvalue weighted by atomic mass is 9.94. The highest BCUT2D eigenvalue weighted by Crippen LogP contribution is 2.34. The number of carbonyl (C=O) groups excluding carboxylic acids is 2. The molecule has 0 fully saturated rings. The zero-order valence-corrected chi connectivity index (χ0v) is 15.5. The minimum absolute atomic E-state index is 0. The second-order valence-electron chi connectivity index (χ2n) is 5.85. The van der Waals surface area contributed by atoms with Crippen LogP contribution in [0, 0.1) is 0 Å². The molecule has 0 amide bonds. The van der Waals surface area contributed by atoms with Crippen LogP contribution >= 0.6 is 12.4 Å². The van der Waals surface area contributed by atoms with Crippen LogP contribution in [-0.2, 0) is 14.3 Å². The van der Waals surface area contributed by atoms with Crippen LogP contribution in [0.5, 0.6) is 5.75 Å². The molecule has 1 atom stereocenters. The predicted octanol–water partition coefficient (Wildman–Crippen LogP) is 2.34. The molecular formula is C17H26ClNO5. The highest BCUT2D eigenvalue weighted by Gasteiger charge is 2.20. The van der Waals surface area contributed by atoms with Crippen molar-refractivity contribution < 1.29 is 24.2 Å². The normalized spacial score (nSPS) is 11.8. The lowest BCUT2D eigenvalue weighted by Crippen LogP contribution is -2.36. The molecule has 0 aliphatic rings. The van der Waals surface area contributed by atoms with Crippen LogP contribution in [0.4, 0.5) is 0 Å². The van der Waals surface area contributed by atoms with Gasteiger partial charge in [-0.05, 0) is 30.0 Å². The van der Waals surface area contributed by atoms with Crippen molar-refractivity contribution >= 4 is 24.3 Å². The Bertz CT molecular complexity index is 534. The third-order valence-corrected chi connectivity index (χ3v) is 3.36. The van der Waals surface area contributed by atoms with Gasteiger partial charge in [-0.3, -0.25) is 5.32 Å². The quantitative estimate of drug-likeness (QED) is 0.441. The zero-order valence-electron chi connectivity index (χ0n) is 14.7. The molecule has 7 heteroatoms. The first-order valence-corrected chi connectivity index (χ1v) is 7.63. The number of likely N-dealkylation sites (N-methyl/N-ethyl adjacent to an activating group) is 1. The van der Waals surface area contributed by atoms with Gasteiger partial charge in [0.1, 0.15) is 5.75 Å². The van der Waals surface area contributed by atoms with E-state index in [1.54, 1.807) is 0 Å². The molecule has 136 valence electrons. The molecule has 0 bridgehead atoms. The third kappa shape index (κ3) is 6.11. The van der Waals surface area contributed by atoms with Gasteiger partial charge in [-0.25, -0.2) is 9.59 Å². The lowest BCUT2D eigenvalue weighted by Gasteiger charge is -2.19. The van der Waals surface area contributed by atoms with E-state index >= 15 is 0 Å². The molecule has 0 spiro atoms. The van der Waals surface area contributed by atoms with E-state index in [0.29, 0.717) is 5.75 Å². The smallest absolute Gasteiger partial charge is 0.350 e. The average molecular weight is 360 g/mol. The van der Waals surface area contributed by atoms with Crippen molar-refractivity contribution in [1.29, 1.82) is 0 Å².